The van der Waals surface area contributed by atoms with Crippen LogP contribution in [0, 0.1) is 0 Å². The van der Waals surface area contributed by atoms with Crippen molar-refractivity contribution in [1.82, 2.24) is 10.3 Å². The van der Waals surface area contributed by atoms with Crippen LogP contribution in [0.5, 0.6) is 0 Å². The molecule has 2 aromatic rings. The van der Waals surface area contributed by atoms with Crippen molar-refractivity contribution in [3.05, 3.63) is 36.0 Å². The molecule has 0 unspecified atom stereocenters. The average molecular weight is 271 g/mol. The number of carbonyl (C=O) groups is 1. The van der Waals surface area contributed by atoms with Gasteiger partial charge in [-0.2, -0.15) is 0 Å². The Morgan fingerprint density at radius 1 is 1.30 bits per heavy atom. The number of pyridine rings is 1. The molecule has 0 saturated carbocycles. The maximum atomic E-state index is 11.2. The van der Waals surface area contributed by atoms with E-state index in [1.54, 1.807) is 6.07 Å². The Morgan fingerprint density at radius 3 is 2.80 bits per heavy atom. The van der Waals surface area contributed by atoms with Crippen LogP contribution < -0.4 is 10.6 Å². The van der Waals surface area contributed by atoms with Gasteiger partial charge in [-0.1, -0.05) is 24.3 Å². The molecule has 104 valence electrons. The number of aromatic carboxylic acids is 1. The summed E-state index contributed by atoms with van der Waals surface area (Å²) in [5, 5.41) is 17.8. The fourth-order valence-electron chi connectivity index (χ4n) is 2.58. The lowest BCUT2D eigenvalue weighted by molar-refractivity contribution is 0.0691. The molecule has 2 heterocycles. The van der Waals surface area contributed by atoms with Crippen molar-refractivity contribution in [2.75, 3.05) is 18.4 Å². The van der Waals surface area contributed by atoms with Crippen LogP contribution in [0.1, 0.15) is 23.3 Å². The number of carboxylic acid groups (broad SMARTS) is 1. The largest absolute Gasteiger partial charge is 0.477 e. The zero-order valence-electron chi connectivity index (χ0n) is 11.1. The number of benzene rings is 1. The molecular formula is C15H17N3O2. The Balaban J connectivity index is 2.00. The Labute approximate surface area is 117 Å². The number of hydrogen-bond donors (Lipinski definition) is 3. The maximum absolute atomic E-state index is 11.2. The molecule has 0 radical (unpaired) electrons. The van der Waals surface area contributed by atoms with Gasteiger partial charge < -0.3 is 15.7 Å². The van der Waals surface area contributed by atoms with E-state index < -0.39 is 5.97 Å². The predicted molar refractivity (Wildman–Crippen MR) is 78.2 cm³/mol. The van der Waals surface area contributed by atoms with E-state index in [1.807, 2.05) is 24.3 Å². The van der Waals surface area contributed by atoms with E-state index in [2.05, 4.69) is 15.6 Å². The maximum Gasteiger partial charge on any atom is 0.354 e. The molecule has 0 bridgehead atoms. The molecule has 20 heavy (non-hydrogen) atoms. The smallest absolute Gasteiger partial charge is 0.354 e. The molecule has 1 saturated heterocycles. The van der Waals surface area contributed by atoms with Crippen LogP contribution in [0.4, 0.5) is 5.82 Å². The molecule has 1 aliphatic heterocycles. The van der Waals surface area contributed by atoms with E-state index in [9.17, 15) is 9.90 Å². The number of carboxylic acids is 1. The summed E-state index contributed by atoms with van der Waals surface area (Å²) in [5.41, 5.74) is 0.0835. The van der Waals surface area contributed by atoms with Crippen LogP contribution in [0.2, 0.25) is 0 Å². The summed E-state index contributed by atoms with van der Waals surface area (Å²) in [6, 6.07) is 9.69. The topological polar surface area (TPSA) is 74.2 Å². The van der Waals surface area contributed by atoms with E-state index in [-0.39, 0.29) is 5.69 Å². The van der Waals surface area contributed by atoms with Gasteiger partial charge in [0.05, 0.1) is 0 Å². The van der Waals surface area contributed by atoms with Crippen molar-refractivity contribution in [3.8, 4) is 0 Å². The van der Waals surface area contributed by atoms with Crippen LogP contribution in [0.25, 0.3) is 10.8 Å². The monoisotopic (exact) mass is 271 g/mol. The minimum atomic E-state index is -0.996. The van der Waals surface area contributed by atoms with E-state index >= 15 is 0 Å². The molecule has 0 amide bonds. The van der Waals surface area contributed by atoms with Crippen LogP contribution >= 0.6 is 0 Å². The van der Waals surface area contributed by atoms with Crippen molar-refractivity contribution < 1.29 is 9.90 Å². The van der Waals surface area contributed by atoms with Gasteiger partial charge >= 0.3 is 5.97 Å². The molecule has 0 aliphatic carbocycles. The van der Waals surface area contributed by atoms with Crippen molar-refractivity contribution >= 4 is 22.6 Å². The van der Waals surface area contributed by atoms with Crippen molar-refractivity contribution in [1.29, 1.82) is 0 Å². The number of hydrogen-bond acceptors (Lipinski definition) is 4. The van der Waals surface area contributed by atoms with E-state index in [1.165, 1.54) is 0 Å². The molecule has 1 fully saturated rings. The molecule has 1 aromatic carbocycles. The van der Waals surface area contributed by atoms with Crippen molar-refractivity contribution in [2.24, 2.45) is 0 Å². The summed E-state index contributed by atoms with van der Waals surface area (Å²) in [4.78, 5) is 15.5. The summed E-state index contributed by atoms with van der Waals surface area (Å²) < 4.78 is 0. The first-order valence-corrected chi connectivity index (χ1v) is 6.84. The number of fused-ring (bicyclic) bond motifs is 1. The molecule has 5 heteroatoms. The lowest BCUT2D eigenvalue weighted by Crippen LogP contribution is -2.35. The molecule has 3 N–H and O–H groups in total. The molecule has 1 aliphatic rings. The lowest BCUT2D eigenvalue weighted by atomic mass is 10.1. The second-order valence-corrected chi connectivity index (χ2v) is 5.05. The van der Waals surface area contributed by atoms with Gasteiger partial charge in [-0.3, -0.25) is 0 Å². The first-order chi connectivity index (χ1) is 9.74. The fourth-order valence-corrected chi connectivity index (χ4v) is 2.58. The van der Waals surface area contributed by atoms with Gasteiger partial charge in [0, 0.05) is 11.4 Å². The highest BCUT2D eigenvalue weighted by atomic mass is 16.4. The number of nitrogens with one attached hydrogen (secondary N) is 2. The number of piperidine rings is 1. The highest BCUT2D eigenvalue weighted by Gasteiger charge is 2.16. The first-order valence-electron chi connectivity index (χ1n) is 6.84. The number of nitrogens with zero attached hydrogens (tertiary/aromatic N) is 1. The SMILES string of the molecule is O=C(O)c1cc2ccccc2c(NC2CCNCC2)n1. The zero-order chi connectivity index (χ0) is 13.9. The third kappa shape index (κ3) is 2.58. The Bertz CT molecular complexity index is 636. The summed E-state index contributed by atoms with van der Waals surface area (Å²) in [7, 11) is 0. The van der Waals surface area contributed by atoms with Gasteiger partial charge in [-0.15, -0.1) is 0 Å². The van der Waals surface area contributed by atoms with E-state index in [0.717, 1.165) is 36.7 Å². The normalized spacial score (nSPS) is 16.2. The molecule has 1 aromatic heterocycles. The molecule has 5 nitrogen and oxygen atoms in total. The summed E-state index contributed by atoms with van der Waals surface area (Å²) in [5.74, 6) is -0.323. The first kappa shape index (κ1) is 12.9. The highest BCUT2D eigenvalue weighted by Crippen LogP contribution is 2.24. The Kier molecular flexibility index (Phi) is 3.52. The minimum Gasteiger partial charge on any atom is -0.477 e. The van der Waals surface area contributed by atoms with E-state index in [0.29, 0.717) is 11.9 Å². The standard InChI is InChI=1S/C15H17N3O2/c19-15(20)13-9-10-3-1-2-4-12(10)14(18-13)17-11-5-7-16-8-6-11/h1-4,9,11,16H,5-8H2,(H,17,18)(H,19,20). The number of rotatable bonds is 3. The molecule has 0 spiro atoms. The number of anilines is 1. The third-order valence-corrected chi connectivity index (χ3v) is 3.64. The minimum absolute atomic E-state index is 0.0835. The average Bonchev–Trinajstić information content (AvgIpc) is 2.48. The molecular weight excluding hydrogens is 254 g/mol. The third-order valence-electron chi connectivity index (χ3n) is 3.64. The van der Waals surface area contributed by atoms with Gasteiger partial charge in [-0.05, 0) is 37.4 Å². The van der Waals surface area contributed by atoms with Gasteiger partial charge in [0.2, 0.25) is 0 Å². The second-order valence-electron chi connectivity index (χ2n) is 5.05. The van der Waals surface area contributed by atoms with Gasteiger partial charge in [0.25, 0.3) is 0 Å². The van der Waals surface area contributed by atoms with Crippen LogP contribution in [-0.4, -0.2) is 35.2 Å². The molecule has 0 atom stereocenters. The van der Waals surface area contributed by atoms with Gasteiger partial charge in [0.1, 0.15) is 5.82 Å². The summed E-state index contributed by atoms with van der Waals surface area (Å²) in [6.45, 7) is 1.96. The Morgan fingerprint density at radius 2 is 2.05 bits per heavy atom. The van der Waals surface area contributed by atoms with Crippen molar-refractivity contribution in [3.63, 3.8) is 0 Å². The quantitative estimate of drug-likeness (QED) is 0.797. The summed E-state index contributed by atoms with van der Waals surface area (Å²) in [6.07, 6.45) is 2.04. The van der Waals surface area contributed by atoms with E-state index in [4.69, 9.17) is 0 Å². The second kappa shape index (κ2) is 5.46. The van der Waals surface area contributed by atoms with Crippen LogP contribution in [0.15, 0.2) is 30.3 Å². The van der Waals surface area contributed by atoms with Crippen LogP contribution in [-0.2, 0) is 0 Å². The fraction of sp³-hybridized carbons (Fsp3) is 0.333. The number of aromatic nitrogens is 1. The highest BCUT2D eigenvalue weighted by molar-refractivity contribution is 5.97. The van der Waals surface area contributed by atoms with Gasteiger partial charge in [0.15, 0.2) is 5.69 Å². The van der Waals surface area contributed by atoms with Crippen LogP contribution in [0.3, 0.4) is 0 Å². The van der Waals surface area contributed by atoms with Gasteiger partial charge in [-0.25, -0.2) is 9.78 Å². The van der Waals surface area contributed by atoms with Crippen molar-refractivity contribution in [2.45, 2.75) is 18.9 Å². The Hall–Kier alpha value is -2.14. The summed E-state index contributed by atoms with van der Waals surface area (Å²) >= 11 is 0. The molecule has 3 rings (SSSR count). The predicted octanol–water partition coefficient (Wildman–Crippen LogP) is 2.10. The zero-order valence-corrected chi connectivity index (χ0v) is 11.1. The lowest BCUT2D eigenvalue weighted by Gasteiger charge is -2.24.